The fourth-order valence-corrected chi connectivity index (χ4v) is 2.92. The van der Waals surface area contributed by atoms with Crippen molar-refractivity contribution in [2.45, 2.75) is 26.2 Å². The Bertz CT molecular complexity index is 493. The Balaban J connectivity index is 0.00000264. The van der Waals surface area contributed by atoms with E-state index < -0.39 is 0 Å². The predicted octanol–water partition coefficient (Wildman–Crippen LogP) is 2.52. The molecule has 23 heavy (non-hydrogen) atoms. The first-order valence-electron chi connectivity index (χ1n) is 8.10. The Hall–Kier alpha value is -0.620. The molecule has 0 aliphatic carbocycles. The number of carbonyl (C=O) groups is 1. The molecule has 1 aliphatic rings. The molecule has 2 N–H and O–H groups in total. The molecule has 1 fully saturated rings. The van der Waals surface area contributed by atoms with E-state index in [0.717, 1.165) is 56.6 Å². The van der Waals surface area contributed by atoms with Crippen LogP contribution in [0.15, 0.2) is 22.7 Å². The van der Waals surface area contributed by atoms with Gasteiger partial charge in [-0.1, -0.05) is 28.1 Å². The van der Waals surface area contributed by atoms with E-state index in [4.69, 9.17) is 0 Å². The third kappa shape index (κ3) is 7.66. The van der Waals surface area contributed by atoms with E-state index in [1.807, 2.05) is 0 Å². The highest BCUT2D eigenvalue weighted by Crippen LogP contribution is 2.17. The minimum atomic E-state index is 0. The van der Waals surface area contributed by atoms with Crippen LogP contribution in [-0.2, 0) is 11.2 Å². The quantitative estimate of drug-likeness (QED) is 0.686. The second-order valence-electron chi connectivity index (χ2n) is 5.88. The number of aryl methyl sites for hydroxylation is 2. The summed E-state index contributed by atoms with van der Waals surface area (Å²) in [5.74, 6) is 0.154. The number of piperazine rings is 1. The van der Waals surface area contributed by atoms with Crippen molar-refractivity contribution in [1.82, 2.24) is 15.5 Å². The molecule has 0 unspecified atom stereocenters. The van der Waals surface area contributed by atoms with Crippen LogP contribution in [0, 0.1) is 6.92 Å². The Kier molecular flexibility index (Phi) is 9.79. The van der Waals surface area contributed by atoms with Crippen LogP contribution in [0.1, 0.15) is 24.0 Å². The van der Waals surface area contributed by atoms with Crippen molar-refractivity contribution < 1.29 is 4.79 Å². The fourth-order valence-electron chi connectivity index (χ4n) is 2.67. The van der Waals surface area contributed by atoms with Crippen molar-refractivity contribution in [2.24, 2.45) is 0 Å². The number of carbonyl (C=O) groups excluding carboxylic acids is 1. The van der Waals surface area contributed by atoms with E-state index in [2.05, 4.69) is 56.6 Å². The number of nitrogens with one attached hydrogen (secondary N) is 2. The van der Waals surface area contributed by atoms with E-state index in [1.165, 1.54) is 11.1 Å². The molecule has 1 heterocycles. The number of amides is 1. The SMILES string of the molecule is Cc1cc(CCC(=O)NCCCN2CCNCC2)ccc1Br.Cl. The lowest BCUT2D eigenvalue weighted by atomic mass is 10.1. The number of benzene rings is 1. The molecule has 0 aromatic heterocycles. The summed E-state index contributed by atoms with van der Waals surface area (Å²) in [4.78, 5) is 14.3. The minimum absolute atomic E-state index is 0. The zero-order chi connectivity index (χ0) is 15.8. The van der Waals surface area contributed by atoms with Gasteiger partial charge in [0.05, 0.1) is 0 Å². The minimum Gasteiger partial charge on any atom is -0.356 e. The smallest absolute Gasteiger partial charge is 0.220 e. The van der Waals surface area contributed by atoms with Gasteiger partial charge >= 0.3 is 0 Å². The normalized spacial score (nSPS) is 15.0. The highest BCUT2D eigenvalue weighted by atomic mass is 79.9. The van der Waals surface area contributed by atoms with Gasteiger partial charge in [-0.05, 0) is 43.5 Å². The number of nitrogens with zero attached hydrogens (tertiary/aromatic N) is 1. The molecule has 1 aromatic rings. The molecule has 2 rings (SSSR count). The molecule has 1 amide bonds. The maximum Gasteiger partial charge on any atom is 0.220 e. The van der Waals surface area contributed by atoms with Crippen molar-refractivity contribution >= 4 is 34.2 Å². The first-order chi connectivity index (χ1) is 10.6. The lowest BCUT2D eigenvalue weighted by Crippen LogP contribution is -2.44. The molecule has 0 radical (unpaired) electrons. The van der Waals surface area contributed by atoms with E-state index in [9.17, 15) is 4.79 Å². The van der Waals surface area contributed by atoms with Crippen molar-refractivity contribution in [3.8, 4) is 0 Å². The van der Waals surface area contributed by atoms with Gasteiger partial charge in [-0.25, -0.2) is 0 Å². The van der Waals surface area contributed by atoms with Crippen LogP contribution in [0.4, 0.5) is 0 Å². The summed E-state index contributed by atoms with van der Waals surface area (Å²) in [6.45, 7) is 8.34. The highest BCUT2D eigenvalue weighted by Gasteiger charge is 2.09. The van der Waals surface area contributed by atoms with E-state index in [0.29, 0.717) is 6.42 Å². The van der Waals surface area contributed by atoms with Crippen LogP contribution >= 0.6 is 28.3 Å². The van der Waals surface area contributed by atoms with Gasteiger partial charge in [0.2, 0.25) is 5.91 Å². The fraction of sp³-hybridized carbons (Fsp3) is 0.588. The Morgan fingerprint density at radius 2 is 2.09 bits per heavy atom. The third-order valence-electron chi connectivity index (χ3n) is 4.05. The van der Waals surface area contributed by atoms with Gasteiger partial charge in [0, 0.05) is 43.6 Å². The molecule has 4 nitrogen and oxygen atoms in total. The highest BCUT2D eigenvalue weighted by molar-refractivity contribution is 9.10. The Morgan fingerprint density at radius 3 is 2.78 bits per heavy atom. The largest absolute Gasteiger partial charge is 0.356 e. The van der Waals surface area contributed by atoms with Gasteiger partial charge in [0.25, 0.3) is 0 Å². The number of rotatable bonds is 7. The predicted molar refractivity (Wildman–Crippen MR) is 101 cm³/mol. The van der Waals surface area contributed by atoms with Crippen molar-refractivity contribution in [2.75, 3.05) is 39.3 Å². The second-order valence-corrected chi connectivity index (χ2v) is 6.73. The van der Waals surface area contributed by atoms with Gasteiger partial charge in [-0.2, -0.15) is 0 Å². The average molecular weight is 405 g/mol. The van der Waals surface area contributed by atoms with E-state index in [-0.39, 0.29) is 18.3 Å². The maximum atomic E-state index is 11.9. The Morgan fingerprint density at radius 1 is 1.35 bits per heavy atom. The molecular weight excluding hydrogens is 378 g/mol. The maximum absolute atomic E-state index is 11.9. The van der Waals surface area contributed by atoms with Crippen LogP contribution in [-0.4, -0.2) is 50.1 Å². The molecule has 0 atom stereocenters. The van der Waals surface area contributed by atoms with Crippen LogP contribution < -0.4 is 10.6 Å². The number of halogens is 2. The first-order valence-corrected chi connectivity index (χ1v) is 8.89. The van der Waals surface area contributed by atoms with Gasteiger partial charge in [-0.15, -0.1) is 12.4 Å². The summed E-state index contributed by atoms with van der Waals surface area (Å²) < 4.78 is 1.12. The van der Waals surface area contributed by atoms with E-state index in [1.54, 1.807) is 0 Å². The standard InChI is InChI=1S/C17H26BrN3O.ClH/c1-14-13-15(3-5-16(14)18)4-6-17(22)20-7-2-10-21-11-8-19-9-12-21;/h3,5,13,19H,2,4,6-12H2,1H3,(H,20,22);1H. The molecule has 1 aliphatic heterocycles. The zero-order valence-corrected chi connectivity index (χ0v) is 16.1. The van der Waals surface area contributed by atoms with Crippen LogP contribution in [0.5, 0.6) is 0 Å². The Labute approximate surface area is 153 Å². The summed E-state index contributed by atoms with van der Waals surface area (Å²) in [7, 11) is 0. The molecule has 1 saturated heterocycles. The molecule has 0 saturated carbocycles. The zero-order valence-electron chi connectivity index (χ0n) is 13.7. The van der Waals surface area contributed by atoms with Crippen LogP contribution in [0.2, 0.25) is 0 Å². The number of hydrogen-bond donors (Lipinski definition) is 2. The van der Waals surface area contributed by atoms with E-state index >= 15 is 0 Å². The number of hydrogen-bond acceptors (Lipinski definition) is 3. The summed E-state index contributed by atoms with van der Waals surface area (Å²) in [6.07, 6.45) is 2.40. The first kappa shape index (κ1) is 20.4. The summed E-state index contributed by atoms with van der Waals surface area (Å²) in [5, 5.41) is 6.38. The average Bonchev–Trinajstić information content (AvgIpc) is 2.54. The van der Waals surface area contributed by atoms with Crippen molar-refractivity contribution in [1.29, 1.82) is 0 Å². The lowest BCUT2D eigenvalue weighted by molar-refractivity contribution is -0.121. The summed E-state index contributed by atoms with van der Waals surface area (Å²) >= 11 is 3.50. The lowest BCUT2D eigenvalue weighted by Gasteiger charge is -2.27. The molecule has 1 aromatic carbocycles. The van der Waals surface area contributed by atoms with Crippen LogP contribution in [0.3, 0.4) is 0 Å². The van der Waals surface area contributed by atoms with Gasteiger partial charge in [-0.3, -0.25) is 4.79 Å². The molecule has 0 spiro atoms. The van der Waals surface area contributed by atoms with Crippen molar-refractivity contribution in [3.05, 3.63) is 33.8 Å². The summed E-state index contributed by atoms with van der Waals surface area (Å²) in [6, 6.07) is 6.27. The topological polar surface area (TPSA) is 44.4 Å². The second kappa shape index (κ2) is 11.0. The van der Waals surface area contributed by atoms with Gasteiger partial charge in [0.15, 0.2) is 0 Å². The van der Waals surface area contributed by atoms with Gasteiger partial charge < -0.3 is 15.5 Å². The molecular formula is C17H27BrClN3O. The molecule has 130 valence electrons. The van der Waals surface area contributed by atoms with Crippen LogP contribution in [0.25, 0.3) is 0 Å². The van der Waals surface area contributed by atoms with Crippen molar-refractivity contribution in [3.63, 3.8) is 0 Å². The van der Waals surface area contributed by atoms with Gasteiger partial charge in [0.1, 0.15) is 0 Å². The molecule has 6 heteroatoms. The monoisotopic (exact) mass is 403 g/mol. The third-order valence-corrected chi connectivity index (χ3v) is 4.94. The summed E-state index contributed by atoms with van der Waals surface area (Å²) in [5.41, 5.74) is 2.44. The molecule has 0 bridgehead atoms.